The zero-order chi connectivity index (χ0) is 15.8. The number of rotatable bonds is 8. The number of methoxy groups -OCH3 is 4. The van der Waals surface area contributed by atoms with Crippen LogP contribution in [0.15, 0.2) is 12.1 Å². The molecule has 0 heterocycles. The van der Waals surface area contributed by atoms with Crippen molar-refractivity contribution in [3.8, 4) is 23.0 Å². The van der Waals surface area contributed by atoms with Gasteiger partial charge in [0.15, 0.2) is 17.3 Å². The molecule has 0 fully saturated rings. The molecule has 7 heteroatoms. The van der Waals surface area contributed by atoms with Gasteiger partial charge in [-0.1, -0.05) is 0 Å². The van der Waals surface area contributed by atoms with E-state index >= 15 is 0 Å². The van der Waals surface area contributed by atoms with Gasteiger partial charge in [-0.2, -0.15) is 0 Å². The second-order valence-electron chi connectivity index (χ2n) is 3.91. The average Bonchev–Trinajstić information content (AvgIpc) is 2.51. The number of hydrogen-bond donors (Lipinski definition) is 0. The molecule has 0 atom stereocenters. The maximum absolute atomic E-state index is 11.5. The molecule has 1 rings (SSSR count). The minimum Gasteiger partial charge on any atom is -0.493 e. The van der Waals surface area contributed by atoms with Crippen molar-refractivity contribution in [2.24, 2.45) is 0 Å². The zero-order valence-corrected chi connectivity index (χ0v) is 12.4. The minimum absolute atomic E-state index is 0.277. The standard InChI is InChI=1S/C14H18O7/c1-17-10-5-6-11(14(20-4)13(10)19-3)21-8-9(15)7-12(16)18-2/h5-6H,7-8H2,1-4H3. The predicted octanol–water partition coefficient (Wildman–Crippen LogP) is 1.22. The monoisotopic (exact) mass is 298 g/mol. The summed E-state index contributed by atoms with van der Waals surface area (Å²) in [5.74, 6) is 0.443. The van der Waals surface area contributed by atoms with Crippen LogP contribution >= 0.6 is 0 Å². The molecule has 7 nitrogen and oxygen atoms in total. The van der Waals surface area contributed by atoms with Crippen molar-refractivity contribution >= 4 is 11.8 Å². The molecular weight excluding hydrogens is 280 g/mol. The summed E-state index contributed by atoms with van der Waals surface area (Å²) in [4.78, 5) is 22.5. The summed E-state index contributed by atoms with van der Waals surface area (Å²) < 4.78 is 25.3. The summed E-state index contributed by atoms with van der Waals surface area (Å²) in [5.41, 5.74) is 0. The molecule has 21 heavy (non-hydrogen) atoms. The van der Waals surface area contributed by atoms with Gasteiger partial charge in [-0.3, -0.25) is 9.59 Å². The molecule has 0 amide bonds. The Balaban J connectivity index is 2.84. The number of Topliss-reactive ketones (excluding diaryl/α,β-unsaturated/α-hetero) is 1. The van der Waals surface area contributed by atoms with Gasteiger partial charge in [-0.25, -0.2) is 0 Å². The van der Waals surface area contributed by atoms with Gasteiger partial charge < -0.3 is 23.7 Å². The second kappa shape index (κ2) is 7.98. The van der Waals surface area contributed by atoms with Gasteiger partial charge in [0.1, 0.15) is 13.0 Å². The van der Waals surface area contributed by atoms with Gasteiger partial charge in [-0.15, -0.1) is 0 Å². The molecule has 1 aromatic rings. The van der Waals surface area contributed by atoms with Crippen LogP contribution < -0.4 is 18.9 Å². The van der Waals surface area contributed by atoms with Crippen molar-refractivity contribution in [2.45, 2.75) is 6.42 Å². The third-order valence-electron chi connectivity index (χ3n) is 2.63. The van der Waals surface area contributed by atoms with Crippen LogP contribution in [0.1, 0.15) is 6.42 Å². The van der Waals surface area contributed by atoms with Gasteiger partial charge in [0.05, 0.1) is 28.4 Å². The number of carbonyl (C=O) groups is 2. The highest BCUT2D eigenvalue weighted by atomic mass is 16.5. The van der Waals surface area contributed by atoms with E-state index in [0.717, 1.165) is 0 Å². The molecule has 0 aliphatic rings. The first-order valence-electron chi connectivity index (χ1n) is 6.07. The van der Waals surface area contributed by atoms with Crippen molar-refractivity contribution in [3.63, 3.8) is 0 Å². The summed E-state index contributed by atoms with van der Waals surface area (Å²) in [6.45, 7) is -0.277. The van der Waals surface area contributed by atoms with E-state index in [0.29, 0.717) is 23.0 Å². The Morgan fingerprint density at radius 1 is 0.905 bits per heavy atom. The van der Waals surface area contributed by atoms with Crippen molar-refractivity contribution < 1.29 is 33.3 Å². The van der Waals surface area contributed by atoms with Crippen LogP contribution in [0.25, 0.3) is 0 Å². The molecule has 0 unspecified atom stereocenters. The van der Waals surface area contributed by atoms with Gasteiger partial charge in [-0.05, 0) is 12.1 Å². The highest BCUT2D eigenvalue weighted by molar-refractivity contribution is 5.96. The van der Waals surface area contributed by atoms with Crippen LogP contribution in [0.2, 0.25) is 0 Å². The number of esters is 1. The predicted molar refractivity (Wildman–Crippen MR) is 73.2 cm³/mol. The van der Waals surface area contributed by atoms with Crippen LogP contribution in [0.5, 0.6) is 23.0 Å². The molecule has 0 N–H and O–H groups in total. The van der Waals surface area contributed by atoms with E-state index in [1.165, 1.54) is 28.4 Å². The molecule has 0 aromatic heterocycles. The molecule has 0 bridgehead atoms. The Morgan fingerprint density at radius 3 is 2.00 bits per heavy atom. The maximum atomic E-state index is 11.5. The second-order valence-corrected chi connectivity index (χ2v) is 3.91. The molecule has 0 saturated heterocycles. The molecule has 116 valence electrons. The van der Waals surface area contributed by atoms with Crippen molar-refractivity contribution in [1.82, 2.24) is 0 Å². The highest BCUT2D eigenvalue weighted by Crippen LogP contribution is 2.43. The molecule has 0 aliphatic carbocycles. The lowest BCUT2D eigenvalue weighted by molar-refractivity contribution is -0.143. The summed E-state index contributed by atoms with van der Waals surface area (Å²) in [6, 6.07) is 3.22. The molecule has 0 aliphatic heterocycles. The zero-order valence-electron chi connectivity index (χ0n) is 12.4. The quantitative estimate of drug-likeness (QED) is 0.527. The van der Waals surface area contributed by atoms with Crippen molar-refractivity contribution in [1.29, 1.82) is 0 Å². The Kier molecular flexibility index (Phi) is 6.32. The first-order chi connectivity index (χ1) is 10.1. The lowest BCUT2D eigenvalue weighted by Gasteiger charge is -2.15. The molecule has 1 aromatic carbocycles. The van der Waals surface area contributed by atoms with E-state index in [4.69, 9.17) is 18.9 Å². The molecule has 0 radical (unpaired) electrons. The largest absolute Gasteiger partial charge is 0.493 e. The van der Waals surface area contributed by atoms with Crippen LogP contribution in [0.4, 0.5) is 0 Å². The first-order valence-corrected chi connectivity index (χ1v) is 6.07. The maximum Gasteiger partial charge on any atom is 0.313 e. The van der Waals surface area contributed by atoms with E-state index in [-0.39, 0.29) is 13.0 Å². The fraction of sp³-hybridized carbons (Fsp3) is 0.429. The van der Waals surface area contributed by atoms with Gasteiger partial charge >= 0.3 is 5.97 Å². The summed E-state index contributed by atoms with van der Waals surface area (Å²) in [7, 11) is 5.62. The first kappa shape index (κ1) is 16.6. The van der Waals surface area contributed by atoms with Gasteiger partial charge in [0.25, 0.3) is 0 Å². The summed E-state index contributed by atoms with van der Waals surface area (Å²) in [6.07, 6.45) is -0.341. The van der Waals surface area contributed by atoms with Gasteiger partial charge in [0.2, 0.25) is 11.5 Å². The molecule has 0 saturated carbocycles. The number of ether oxygens (including phenoxy) is 5. The number of ketones is 1. The van der Waals surface area contributed by atoms with E-state index in [1.807, 2.05) is 0 Å². The third kappa shape index (κ3) is 4.27. The lowest BCUT2D eigenvalue weighted by atomic mass is 10.2. The Bertz CT molecular complexity index is 510. The smallest absolute Gasteiger partial charge is 0.313 e. The number of hydrogen-bond acceptors (Lipinski definition) is 7. The minimum atomic E-state index is -0.608. The Morgan fingerprint density at radius 2 is 1.48 bits per heavy atom. The fourth-order valence-corrected chi connectivity index (χ4v) is 1.63. The SMILES string of the molecule is COC(=O)CC(=O)COc1ccc(OC)c(OC)c1OC. The Labute approximate surface area is 122 Å². The lowest BCUT2D eigenvalue weighted by Crippen LogP contribution is -2.16. The highest BCUT2D eigenvalue weighted by Gasteiger charge is 2.18. The van der Waals surface area contributed by atoms with Crippen LogP contribution in [-0.4, -0.2) is 46.8 Å². The van der Waals surface area contributed by atoms with Crippen molar-refractivity contribution in [3.05, 3.63) is 12.1 Å². The van der Waals surface area contributed by atoms with E-state index in [1.54, 1.807) is 12.1 Å². The van der Waals surface area contributed by atoms with Gasteiger partial charge in [0, 0.05) is 0 Å². The van der Waals surface area contributed by atoms with Crippen LogP contribution in [0.3, 0.4) is 0 Å². The van der Waals surface area contributed by atoms with Crippen LogP contribution in [-0.2, 0) is 14.3 Å². The van der Waals surface area contributed by atoms with E-state index in [9.17, 15) is 9.59 Å². The van der Waals surface area contributed by atoms with E-state index < -0.39 is 11.8 Å². The average molecular weight is 298 g/mol. The van der Waals surface area contributed by atoms with E-state index in [2.05, 4.69) is 4.74 Å². The third-order valence-corrected chi connectivity index (χ3v) is 2.63. The molecule has 0 spiro atoms. The molecular formula is C14H18O7. The Hall–Kier alpha value is -2.44. The summed E-state index contributed by atoms with van der Waals surface area (Å²) >= 11 is 0. The fourth-order valence-electron chi connectivity index (χ4n) is 1.63. The normalized spacial score (nSPS) is 9.71. The number of benzene rings is 1. The number of carbonyl (C=O) groups excluding carboxylic acids is 2. The summed E-state index contributed by atoms with van der Waals surface area (Å²) in [5, 5.41) is 0. The topological polar surface area (TPSA) is 80.3 Å². The van der Waals surface area contributed by atoms with Crippen molar-refractivity contribution in [2.75, 3.05) is 35.0 Å². The van der Waals surface area contributed by atoms with Crippen LogP contribution in [0, 0.1) is 0 Å².